The lowest BCUT2D eigenvalue weighted by Crippen LogP contribution is -2.35. The van der Waals surface area contributed by atoms with E-state index < -0.39 is 10.0 Å². The van der Waals surface area contributed by atoms with Gasteiger partial charge in [-0.25, -0.2) is 13.1 Å². The van der Waals surface area contributed by atoms with Crippen LogP contribution >= 0.6 is 0 Å². The van der Waals surface area contributed by atoms with Gasteiger partial charge in [-0.2, -0.15) is 0 Å². The van der Waals surface area contributed by atoms with Crippen molar-refractivity contribution in [3.05, 3.63) is 66.5 Å². The molecular formula is C19H23N3O2S. The second kappa shape index (κ2) is 7.00. The average molecular weight is 357 g/mol. The molecule has 5 nitrogen and oxygen atoms in total. The summed E-state index contributed by atoms with van der Waals surface area (Å²) in [5, 5.41) is 1.94. The summed E-state index contributed by atoms with van der Waals surface area (Å²) in [5.74, 6) is 0. The van der Waals surface area contributed by atoms with Crippen LogP contribution in [0.1, 0.15) is 11.7 Å². The summed E-state index contributed by atoms with van der Waals surface area (Å²) in [4.78, 5) is 2.30. The zero-order chi connectivity index (χ0) is 18.0. The molecule has 0 amide bonds. The maximum absolute atomic E-state index is 12.7. The van der Waals surface area contributed by atoms with E-state index in [9.17, 15) is 8.42 Å². The van der Waals surface area contributed by atoms with Crippen molar-refractivity contribution in [3.63, 3.8) is 0 Å². The van der Waals surface area contributed by atoms with Gasteiger partial charge in [0.15, 0.2) is 0 Å². The average Bonchev–Trinajstić information content (AvgIpc) is 3.00. The summed E-state index contributed by atoms with van der Waals surface area (Å²) < 4.78 is 30.2. The highest BCUT2D eigenvalue weighted by atomic mass is 32.2. The Morgan fingerprint density at radius 3 is 2.40 bits per heavy atom. The van der Waals surface area contributed by atoms with Gasteiger partial charge in [-0.05, 0) is 49.1 Å². The van der Waals surface area contributed by atoms with Crippen molar-refractivity contribution in [1.29, 1.82) is 0 Å². The highest BCUT2D eigenvalue weighted by molar-refractivity contribution is 7.89. The molecule has 0 saturated heterocycles. The fourth-order valence-corrected chi connectivity index (χ4v) is 4.05. The zero-order valence-corrected chi connectivity index (χ0v) is 15.5. The molecule has 6 heteroatoms. The van der Waals surface area contributed by atoms with Crippen molar-refractivity contribution in [2.45, 2.75) is 10.9 Å². The van der Waals surface area contributed by atoms with Crippen LogP contribution in [-0.4, -0.2) is 38.5 Å². The van der Waals surface area contributed by atoms with Crippen LogP contribution in [0.15, 0.2) is 65.7 Å². The fourth-order valence-electron chi connectivity index (χ4n) is 2.98. The lowest BCUT2D eigenvalue weighted by atomic mass is 10.1. The first-order valence-electron chi connectivity index (χ1n) is 8.14. The molecule has 0 aliphatic carbocycles. The SMILES string of the molecule is CN(C)C(CNS(=O)(=O)c1ccc2ccccc2c1)c1cccn1C. The summed E-state index contributed by atoms with van der Waals surface area (Å²) in [6.07, 6.45) is 1.96. The van der Waals surface area contributed by atoms with E-state index in [4.69, 9.17) is 0 Å². The van der Waals surface area contributed by atoms with E-state index in [-0.39, 0.29) is 10.9 Å². The summed E-state index contributed by atoms with van der Waals surface area (Å²) >= 11 is 0. The van der Waals surface area contributed by atoms with Crippen molar-refractivity contribution in [2.75, 3.05) is 20.6 Å². The largest absolute Gasteiger partial charge is 0.353 e. The molecule has 1 unspecified atom stereocenters. The first kappa shape index (κ1) is 17.7. The second-order valence-electron chi connectivity index (χ2n) is 6.38. The highest BCUT2D eigenvalue weighted by Crippen LogP contribution is 2.21. The number of rotatable bonds is 6. The Hall–Kier alpha value is -2.15. The molecule has 0 spiro atoms. The summed E-state index contributed by atoms with van der Waals surface area (Å²) in [5.41, 5.74) is 1.06. The molecule has 1 atom stereocenters. The van der Waals surface area contributed by atoms with E-state index in [0.29, 0.717) is 6.54 Å². The van der Waals surface area contributed by atoms with Crippen LogP contribution in [0.5, 0.6) is 0 Å². The van der Waals surface area contributed by atoms with E-state index in [0.717, 1.165) is 16.5 Å². The standard InChI is InChI=1S/C19H23N3O2S/c1-21(2)19(18-9-6-12-22(18)3)14-20-25(23,24)17-11-10-15-7-4-5-8-16(15)13-17/h4-13,19-20H,14H2,1-3H3. The predicted octanol–water partition coefficient (Wildman–Crippen LogP) is 2.76. The molecule has 3 rings (SSSR count). The summed E-state index contributed by atoms with van der Waals surface area (Å²) in [6.45, 7) is 0.306. The summed E-state index contributed by atoms with van der Waals surface area (Å²) in [6, 6.07) is 16.9. The third-order valence-electron chi connectivity index (χ3n) is 4.45. The minimum Gasteiger partial charge on any atom is -0.353 e. The maximum atomic E-state index is 12.7. The van der Waals surface area contributed by atoms with Crippen LogP contribution in [0.2, 0.25) is 0 Å². The van der Waals surface area contributed by atoms with Crippen molar-refractivity contribution in [1.82, 2.24) is 14.2 Å². The number of aryl methyl sites for hydroxylation is 1. The van der Waals surface area contributed by atoms with E-state index in [1.807, 2.05) is 79.3 Å². The number of sulfonamides is 1. The number of nitrogens with zero attached hydrogens (tertiary/aromatic N) is 2. The molecule has 2 aromatic carbocycles. The van der Waals surface area contributed by atoms with E-state index in [2.05, 4.69) is 4.72 Å². The Morgan fingerprint density at radius 1 is 1.04 bits per heavy atom. The molecule has 25 heavy (non-hydrogen) atoms. The zero-order valence-electron chi connectivity index (χ0n) is 14.7. The minimum atomic E-state index is -3.57. The van der Waals surface area contributed by atoms with Crippen molar-refractivity contribution in [2.24, 2.45) is 7.05 Å². The van der Waals surface area contributed by atoms with Gasteiger partial charge in [0.25, 0.3) is 0 Å². The smallest absolute Gasteiger partial charge is 0.240 e. The molecular weight excluding hydrogens is 334 g/mol. The Bertz CT molecular complexity index is 977. The monoisotopic (exact) mass is 357 g/mol. The third-order valence-corrected chi connectivity index (χ3v) is 5.87. The fraction of sp³-hybridized carbons (Fsp3) is 0.263. The number of nitrogens with one attached hydrogen (secondary N) is 1. The third kappa shape index (κ3) is 3.76. The van der Waals surface area contributed by atoms with Crippen molar-refractivity contribution < 1.29 is 8.42 Å². The summed E-state index contributed by atoms with van der Waals surface area (Å²) in [7, 11) is 2.28. The lowest BCUT2D eigenvalue weighted by molar-refractivity contribution is 0.289. The van der Waals surface area contributed by atoms with Gasteiger partial charge in [0.2, 0.25) is 10.0 Å². The van der Waals surface area contributed by atoms with E-state index in [1.54, 1.807) is 12.1 Å². The molecule has 0 saturated carbocycles. The molecule has 0 aliphatic heterocycles. The topological polar surface area (TPSA) is 54.3 Å². The number of fused-ring (bicyclic) bond motifs is 1. The highest BCUT2D eigenvalue weighted by Gasteiger charge is 2.21. The molecule has 132 valence electrons. The molecule has 1 N–H and O–H groups in total. The van der Waals surface area contributed by atoms with Crippen molar-refractivity contribution in [3.8, 4) is 0 Å². The van der Waals surface area contributed by atoms with Crippen LogP contribution in [0.25, 0.3) is 10.8 Å². The molecule has 0 aliphatic rings. The quantitative estimate of drug-likeness (QED) is 0.738. The van der Waals surface area contributed by atoms with Crippen LogP contribution in [0.4, 0.5) is 0 Å². The first-order valence-corrected chi connectivity index (χ1v) is 9.63. The number of hydrogen-bond acceptors (Lipinski definition) is 3. The molecule has 3 aromatic rings. The number of benzene rings is 2. The Kier molecular flexibility index (Phi) is 4.94. The van der Waals surface area contributed by atoms with Gasteiger partial charge >= 0.3 is 0 Å². The molecule has 1 aromatic heterocycles. The van der Waals surface area contributed by atoms with Gasteiger partial charge in [-0.15, -0.1) is 0 Å². The van der Waals surface area contributed by atoms with Crippen molar-refractivity contribution >= 4 is 20.8 Å². The number of aromatic nitrogens is 1. The first-order chi connectivity index (χ1) is 11.9. The lowest BCUT2D eigenvalue weighted by Gasteiger charge is -2.25. The predicted molar refractivity (Wildman–Crippen MR) is 101 cm³/mol. The van der Waals surface area contributed by atoms with Crippen LogP contribution in [0, 0.1) is 0 Å². The minimum absolute atomic E-state index is 0.0461. The van der Waals surface area contributed by atoms with Gasteiger partial charge in [0, 0.05) is 25.5 Å². The number of hydrogen-bond donors (Lipinski definition) is 1. The van der Waals surface area contributed by atoms with Gasteiger partial charge in [-0.1, -0.05) is 30.3 Å². The molecule has 0 radical (unpaired) electrons. The van der Waals surface area contributed by atoms with Gasteiger partial charge in [-0.3, -0.25) is 4.90 Å². The van der Waals surface area contributed by atoms with Gasteiger partial charge in [0.1, 0.15) is 0 Å². The van der Waals surface area contributed by atoms with Gasteiger partial charge < -0.3 is 4.57 Å². The van der Waals surface area contributed by atoms with Crippen LogP contribution in [-0.2, 0) is 17.1 Å². The maximum Gasteiger partial charge on any atom is 0.240 e. The second-order valence-corrected chi connectivity index (χ2v) is 8.15. The molecule has 0 bridgehead atoms. The normalized spacial score (nSPS) is 13.4. The number of likely N-dealkylation sites (N-methyl/N-ethyl adjacent to an activating group) is 1. The molecule has 0 fully saturated rings. The van der Waals surface area contributed by atoms with Crippen LogP contribution < -0.4 is 4.72 Å². The Morgan fingerprint density at radius 2 is 1.76 bits per heavy atom. The van der Waals surface area contributed by atoms with Crippen LogP contribution in [0.3, 0.4) is 0 Å². The Labute approximate surface area is 148 Å². The molecule has 1 heterocycles. The van der Waals surface area contributed by atoms with E-state index >= 15 is 0 Å². The van der Waals surface area contributed by atoms with E-state index in [1.165, 1.54) is 0 Å². The Balaban J connectivity index is 1.83. The van der Waals surface area contributed by atoms with Gasteiger partial charge in [0.05, 0.1) is 10.9 Å².